The Kier molecular flexibility index (Phi) is 5.16. The molecule has 0 saturated carbocycles. The van der Waals surface area contributed by atoms with Gasteiger partial charge < -0.3 is 15.8 Å². The van der Waals surface area contributed by atoms with Gasteiger partial charge in [-0.3, -0.25) is 9.59 Å². The molecule has 0 fully saturated rings. The molecule has 5 nitrogen and oxygen atoms in total. The lowest BCUT2D eigenvalue weighted by atomic mass is 10.2. The maximum atomic E-state index is 12.0. The topological polar surface area (TPSA) is 81.4 Å². The van der Waals surface area contributed by atoms with Crippen LogP contribution in [0.1, 0.15) is 32.5 Å². The minimum Gasteiger partial charge on any atom is -0.489 e. The summed E-state index contributed by atoms with van der Waals surface area (Å²) in [5.41, 5.74) is 6.67. The van der Waals surface area contributed by atoms with Crippen molar-refractivity contribution in [3.8, 4) is 5.75 Å². The lowest BCUT2D eigenvalue weighted by Gasteiger charge is -2.15. The smallest absolute Gasteiger partial charge is 0.261 e. The number of rotatable bonds is 6. The highest BCUT2D eigenvalue weighted by atomic mass is 32.1. The third-order valence-electron chi connectivity index (χ3n) is 3.02. The molecule has 0 unspecified atom stereocenters. The van der Waals surface area contributed by atoms with Gasteiger partial charge in [0.15, 0.2) is 0 Å². The van der Waals surface area contributed by atoms with E-state index in [0.29, 0.717) is 17.0 Å². The number of nitrogens with one attached hydrogen (secondary N) is 1. The predicted molar refractivity (Wildman–Crippen MR) is 86.4 cm³/mol. The van der Waals surface area contributed by atoms with E-state index in [1.807, 2.05) is 38.1 Å². The third-order valence-corrected chi connectivity index (χ3v) is 3.95. The summed E-state index contributed by atoms with van der Waals surface area (Å²) in [6, 6.07) is 9.22. The summed E-state index contributed by atoms with van der Waals surface area (Å²) < 4.78 is 5.71. The Morgan fingerprint density at radius 2 is 2.00 bits per heavy atom. The molecule has 0 radical (unpaired) electrons. The highest BCUT2D eigenvalue weighted by Crippen LogP contribution is 2.15. The zero-order valence-corrected chi connectivity index (χ0v) is 13.3. The van der Waals surface area contributed by atoms with Crippen molar-refractivity contribution in [3.63, 3.8) is 0 Å². The van der Waals surface area contributed by atoms with E-state index in [9.17, 15) is 9.59 Å². The van der Waals surface area contributed by atoms with E-state index in [2.05, 4.69) is 5.32 Å². The van der Waals surface area contributed by atoms with E-state index in [1.54, 1.807) is 5.38 Å². The van der Waals surface area contributed by atoms with E-state index in [1.165, 1.54) is 17.4 Å². The number of ether oxygens (including phenoxy) is 1. The highest BCUT2D eigenvalue weighted by molar-refractivity contribution is 7.12. The monoisotopic (exact) mass is 318 g/mol. The molecular weight excluding hydrogens is 300 g/mol. The van der Waals surface area contributed by atoms with Gasteiger partial charge in [0.05, 0.1) is 17.0 Å². The largest absolute Gasteiger partial charge is 0.489 e. The second kappa shape index (κ2) is 7.09. The van der Waals surface area contributed by atoms with Crippen molar-refractivity contribution < 1.29 is 14.3 Å². The number of carbonyl (C=O) groups is 2. The van der Waals surface area contributed by atoms with Crippen molar-refractivity contribution in [2.45, 2.75) is 20.0 Å². The first-order valence-electron chi connectivity index (χ1n) is 6.85. The Balaban J connectivity index is 1.84. The number of primary amides is 1. The highest BCUT2D eigenvalue weighted by Gasteiger charge is 2.13. The van der Waals surface area contributed by atoms with Crippen molar-refractivity contribution in [3.05, 3.63) is 51.7 Å². The molecule has 6 heteroatoms. The van der Waals surface area contributed by atoms with Crippen LogP contribution in [0.3, 0.4) is 0 Å². The van der Waals surface area contributed by atoms with E-state index in [-0.39, 0.29) is 12.0 Å². The van der Waals surface area contributed by atoms with Gasteiger partial charge in [0.25, 0.3) is 5.91 Å². The number of aryl methyl sites for hydroxylation is 1. The van der Waals surface area contributed by atoms with Crippen molar-refractivity contribution in [1.29, 1.82) is 0 Å². The van der Waals surface area contributed by atoms with Crippen LogP contribution in [0, 0.1) is 6.92 Å². The van der Waals surface area contributed by atoms with Crippen LogP contribution in [0.4, 0.5) is 0 Å². The van der Waals surface area contributed by atoms with E-state index in [4.69, 9.17) is 10.5 Å². The summed E-state index contributed by atoms with van der Waals surface area (Å²) in [4.78, 5) is 23.4. The molecular formula is C16H18N2O3S. The molecule has 0 aliphatic rings. The molecule has 0 saturated heterocycles. The van der Waals surface area contributed by atoms with Gasteiger partial charge in [0.2, 0.25) is 5.91 Å². The fourth-order valence-corrected chi connectivity index (χ4v) is 2.61. The first-order valence-corrected chi connectivity index (χ1v) is 7.73. The first kappa shape index (κ1) is 16.0. The Bertz CT molecular complexity index is 664. The molecule has 1 heterocycles. The predicted octanol–water partition coefficient (Wildman–Crippen LogP) is 2.35. The van der Waals surface area contributed by atoms with Gasteiger partial charge in [0.1, 0.15) is 11.9 Å². The number of carbonyl (C=O) groups excluding carboxylic acids is 2. The van der Waals surface area contributed by atoms with Gasteiger partial charge in [-0.05, 0) is 32.0 Å². The molecule has 1 aromatic heterocycles. The molecule has 0 aliphatic carbocycles. The molecule has 1 aromatic carbocycles. The molecule has 0 aliphatic heterocycles. The van der Waals surface area contributed by atoms with E-state index in [0.717, 1.165) is 11.3 Å². The fraction of sp³-hybridized carbons (Fsp3) is 0.250. The summed E-state index contributed by atoms with van der Waals surface area (Å²) in [5, 5.41) is 4.35. The van der Waals surface area contributed by atoms with Gasteiger partial charge in [-0.1, -0.05) is 17.7 Å². The average molecular weight is 318 g/mol. The fourth-order valence-electron chi connectivity index (χ4n) is 1.80. The van der Waals surface area contributed by atoms with Gasteiger partial charge >= 0.3 is 0 Å². The van der Waals surface area contributed by atoms with Crippen LogP contribution in [0.15, 0.2) is 35.7 Å². The number of hydrogen-bond acceptors (Lipinski definition) is 4. The minimum absolute atomic E-state index is 0.165. The lowest BCUT2D eigenvalue weighted by molar-refractivity contribution is 0.0936. The Hall–Kier alpha value is -2.34. The van der Waals surface area contributed by atoms with Crippen LogP contribution in [-0.4, -0.2) is 24.5 Å². The number of benzene rings is 1. The van der Waals surface area contributed by atoms with Crippen molar-refractivity contribution in [2.75, 3.05) is 6.54 Å². The van der Waals surface area contributed by atoms with Crippen LogP contribution >= 0.6 is 11.3 Å². The van der Waals surface area contributed by atoms with Crippen molar-refractivity contribution >= 4 is 23.2 Å². The second-order valence-corrected chi connectivity index (χ2v) is 5.93. The minimum atomic E-state index is -0.536. The van der Waals surface area contributed by atoms with Crippen LogP contribution in [0.25, 0.3) is 0 Å². The van der Waals surface area contributed by atoms with E-state index < -0.39 is 5.91 Å². The van der Waals surface area contributed by atoms with Crippen LogP contribution in [0.5, 0.6) is 5.75 Å². The van der Waals surface area contributed by atoms with Gasteiger partial charge in [-0.25, -0.2) is 0 Å². The standard InChI is InChI=1S/C16H18N2O3S/c1-10-3-5-13(6-4-10)21-11(2)8-18-16(20)14-7-12(9-22-14)15(17)19/h3-7,9,11H,8H2,1-2H3,(H2,17,19)(H,18,20)/t11-/m1/s1. The number of amides is 2. The molecule has 2 aromatic rings. The third kappa shape index (κ3) is 4.33. The molecule has 3 N–H and O–H groups in total. The Labute approximate surface area is 133 Å². The van der Waals surface area contributed by atoms with Crippen molar-refractivity contribution in [2.24, 2.45) is 5.73 Å². The van der Waals surface area contributed by atoms with Crippen LogP contribution in [0.2, 0.25) is 0 Å². The molecule has 116 valence electrons. The van der Waals surface area contributed by atoms with Gasteiger partial charge in [-0.2, -0.15) is 0 Å². The normalized spacial score (nSPS) is 11.7. The Morgan fingerprint density at radius 3 is 2.59 bits per heavy atom. The molecule has 22 heavy (non-hydrogen) atoms. The Morgan fingerprint density at radius 1 is 1.32 bits per heavy atom. The van der Waals surface area contributed by atoms with Crippen LogP contribution in [-0.2, 0) is 0 Å². The maximum Gasteiger partial charge on any atom is 0.261 e. The molecule has 0 bridgehead atoms. The molecule has 1 atom stereocenters. The van der Waals surface area contributed by atoms with Gasteiger partial charge in [0, 0.05) is 5.38 Å². The number of thiophene rings is 1. The summed E-state index contributed by atoms with van der Waals surface area (Å²) in [7, 11) is 0. The number of hydrogen-bond donors (Lipinski definition) is 2. The van der Waals surface area contributed by atoms with Crippen LogP contribution < -0.4 is 15.8 Å². The average Bonchev–Trinajstić information content (AvgIpc) is 2.97. The number of nitrogens with two attached hydrogens (primary N) is 1. The zero-order valence-electron chi connectivity index (χ0n) is 12.5. The maximum absolute atomic E-state index is 12.0. The summed E-state index contributed by atoms with van der Waals surface area (Å²) in [6.07, 6.45) is -0.165. The van der Waals surface area contributed by atoms with Crippen molar-refractivity contribution in [1.82, 2.24) is 5.32 Å². The summed E-state index contributed by atoms with van der Waals surface area (Å²) >= 11 is 1.19. The zero-order chi connectivity index (χ0) is 16.1. The SMILES string of the molecule is Cc1ccc(O[C@H](C)CNC(=O)c2cc(C(N)=O)cs2)cc1. The second-order valence-electron chi connectivity index (χ2n) is 5.02. The molecule has 0 spiro atoms. The quantitative estimate of drug-likeness (QED) is 0.858. The van der Waals surface area contributed by atoms with E-state index >= 15 is 0 Å². The summed E-state index contributed by atoms with van der Waals surface area (Å²) in [5.74, 6) is -0.0114. The summed E-state index contributed by atoms with van der Waals surface area (Å²) in [6.45, 7) is 4.26. The lowest BCUT2D eigenvalue weighted by Crippen LogP contribution is -2.33. The first-order chi connectivity index (χ1) is 10.5. The van der Waals surface area contributed by atoms with Gasteiger partial charge in [-0.15, -0.1) is 11.3 Å². The molecule has 2 rings (SSSR count). The molecule has 2 amide bonds.